The lowest BCUT2D eigenvalue weighted by Crippen LogP contribution is -2.43. The Morgan fingerprint density at radius 1 is 1.23 bits per heavy atom. The van der Waals surface area contributed by atoms with Crippen molar-refractivity contribution in [1.29, 1.82) is 5.26 Å². The molecular formula is C24H23ClF3N5OS. The minimum absolute atomic E-state index is 0.0224. The van der Waals surface area contributed by atoms with Crippen molar-refractivity contribution < 1.29 is 13.2 Å². The van der Waals surface area contributed by atoms with Crippen LogP contribution in [0.3, 0.4) is 0 Å². The van der Waals surface area contributed by atoms with E-state index in [4.69, 9.17) is 11.6 Å². The number of halogens is 4. The molecule has 1 saturated heterocycles. The summed E-state index contributed by atoms with van der Waals surface area (Å²) in [6, 6.07) is 8.13. The fourth-order valence-corrected chi connectivity index (χ4v) is 5.26. The van der Waals surface area contributed by atoms with Crippen molar-refractivity contribution in [2.75, 3.05) is 31.9 Å². The molecule has 0 amide bonds. The zero-order chi connectivity index (χ0) is 25.2. The monoisotopic (exact) mass is 521 g/mol. The predicted molar refractivity (Wildman–Crippen MR) is 131 cm³/mol. The van der Waals surface area contributed by atoms with Crippen molar-refractivity contribution in [3.63, 3.8) is 0 Å². The van der Waals surface area contributed by atoms with Crippen LogP contribution in [0.25, 0.3) is 10.9 Å². The summed E-state index contributed by atoms with van der Waals surface area (Å²) in [6.07, 6.45) is -3.38. The molecule has 4 rings (SSSR count). The highest BCUT2D eigenvalue weighted by atomic mass is 35.5. The Hall–Kier alpha value is -2.58. The zero-order valence-corrected chi connectivity index (χ0v) is 20.5. The first-order chi connectivity index (χ1) is 16.7. The molecule has 0 bridgehead atoms. The summed E-state index contributed by atoms with van der Waals surface area (Å²) < 4.78 is 43.4. The minimum atomic E-state index is -4.68. The highest BCUT2D eigenvalue weighted by Gasteiger charge is 2.36. The third kappa shape index (κ3) is 5.48. The number of fused-ring (bicyclic) bond motifs is 1. The number of thioether (sulfide) groups is 1. The van der Waals surface area contributed by atoms with Crippen LogP contribution < -0.4 is 10.9 Å². The van der Waals surface area contributed by atoms with Gasteiger partial charge in [-0.15, -0.1) is 11.8 Å². The lowest BCUT2D eigenvalue weighted by Gasteiger charge is -2.29. The van der Waals surface area contributed by atoms with Crippen molar-refractivity contribution in [1.82, 2.24) is 19.8 Å². The average Bonchev–Trinajstić information content (AvgIpc) is 2.83. The number of benzene rings is 2. The van der Waals surface area contributed by atoms with Gasteiger partial charge in [0, 0.05) is 37.6 Å². The van der Waals surface area contributed by atoms with Crippen LogP contribution in [0.15, 0.2) is 40.3 Å². The Morgan fingerprint density at radius 2 is 1.97 bits per heavy atom. The van der Waals surface area contributed by atoms with E-state index in [1.165, 1.54) is 10.9 Å². The number of aromatic nitrogens is 2. The van der Waals surface area contributed by atoms with Crippen LogP contribution in [0.4, 0.5) is 13.2 Å². The SMILES string of the molecule is CCSc1ccc(C#N)cc1Cn1cnc2c(Cl)c(CN3CCNCC3)c(C(F)(F)F)cc2c1=O. The summed E-state index contributed by atoms with van der Waals surface area (Å²) in [4.78, 5) is 20.4. The molecule has 1 N–H and O–H groups in total. The number of nitrogens with one attached hydrogen (secondary N) is 1. The fourth-order valence-electron chi connectivity index (χ4n) is 4.17. The largest absolute Gasteiger partial charge is 0.416 e. The molecule has 6 nitrogen and oxygen atoms in total. The second-order valence-corrected chi connectivity index (χ2v) is 9.87. The quantitative estimate of drug-likeness (QED) is 0.481. The number of nitriles is 1. The first kappa shape index (κ1) is 25.5. The second-order valence-electron chi connectivity index (χ2n) is 8.18. The van der Waals surface area contributed by atoms with Crippen molar-refractivity contribution in [2.45, 2.75) is 31.1 Å². The predicted octanol–water partition coefficient (Wildman–Crippen LogP) is 4.51. The fraction of sp³-hybridized carbons (Fsp3) is 0.375. The maximum atomic E-state index is 14.1. The van der Waals surface area contributed by atoms with E-state index in [1.807, 2.05) is 17.9 Å². The topological polar surface area (TPSA) is 74.0 Å². The Balaban J connectivity index is 1.81. The van der Waals surface area contributed by atoms with Crippen molar-refractivity contribution in [3.05, 3.63) is 68.2 Å². The van der Waals surface area contributed by atoms with Gasteiger partial charge in [-0.25, -0.2) is 4.98 Å². The molecule has 1 aromatic heterocycles. The molecule has 1 aliphatic heterocycles. The van der Waals surface area contributed by atoms with Gasteiger partial charge in [0.25, 0.3) is 5.56 Å². The number of piperazine rings is 1. The Morgan fingerprint density at radius 3 is 2.63 bits per heavy atom. The molecule has 0 unspecified atom stereocenters. The van der Waals surface area contributed by atoms with Gasteiger partial charge in [0.15, 0.2) is 0 Å². The lowest BCUT2D eigenvalue weighted by molar-refractivity contribution is -0.138. The van der Waals surface area contributed by atoms with Gasteiger partial charge < -0.3 is 5.32 Å². The van der Waals surface area contributed by atoms with E-state index in [9.17, 15) is 23.2 Å². The Bertz CT molecular complexity index is 1350. The summed E-state index contributed by atoms with van der Waals surface area (Å²) in [6.45, 7) is 4.63. The number of nitrogens with zero attached hydrogens (tertiary/aromatic N) is 4. The molecule has 1 fully saturated rings. The number of hydrogen-bond acceptors (Lipinski definition) is 6. The lowest BCUT2D eigenvalue weighted by atomic mass is 10.0. The van der Waals surface area contributed by atoms with E-state index in [0.717, 1.165) is 22.3 Å². The molecule has 0 aliphatic carbocycles. The van der Waals surface area contributed by atoms with E-state index in [1.54, 1.807) is 23.9 Å². The highest BCUT2D eigenvalue weighted by Crippen LogP contribution is 2.38. The molecule has 0 spiro atoms. The first-order valence-electron chi connectivity index (χ1n) is 11.1. The van der Waals surface area contributed by atoms with E-state index >= 15 is 0 Å². The smallest absolute Gasteiger partial charge is 0.314 e. The van der Waals surface area contributed by atoms with Crippen LogP contribution in [-0.2, 0) is 19.3 Å². The molecule has 2 aromatic carbocycles. The highest BCUT2D eigenvalue weighted by molar-refractivity contribution is 7.99. The minimum Gasteiger partial charge on any atom is -0.314 e. The summed E-state index contributed by atoms with van der Waals surface area (Å²) in [5, 5.41) is 12.1. The molecule has 2 heterocycles. The maximum Gasteiger partial charge on any atom is 0.416 e. The van der Waals surface area contributed by atoms with Crippen molar-refractivity contribution >= 4 is 34.3 Å². The number of rotatable bonds is 6. The molecular weight excluding hydrogens is 499 g/mol. The van der Waals surface area contributed by atoms with Gasteiger partial charge in [-0.05, 0) is 41.1 Å². The van der Waals surface area contributed by atoms with Crippen LogP contribution in [0.5, 0.6) is 0 Å². The number of hydrogen-bond donors (Lipinski definition) is 1. The zero-order valence-electron chi connectivity index (χ0n) is 19.0. The van der Waals surface area contributed by atoms with Crippen LogP contribution in [0.1, 0.15) is 29.2 Å². The normalized spacial score (nSPS) is 14.9. The summed E-state index contributed by atoms with van der Waals surface area (Å²) in [5.41, 5.74) is -0.398. The molecule has 3 aromatic rings. The van der Waals surface area contributed by atoms with E-state index in [0.29, 0.717) is 31.7 Å². The molecule has 0 radical (unpaired) electrons. The van der Waals surface area contributed by atoms with Crippen LogP contribution in [0, 0.1) is 11.3 Å². The van der Waals surface area contributed by atoms with E-state index in [2.05, 4.69) is 16.4 Å². The van der Waals surface area contributed by atoms with Gasteiger partial charge in [0.05, 0.1) is 46.0 Å². The van der Waals surface area contributed by atoms with Crippen molar-refractivity contribution in [2.24, 2.45) is 0 Å². The molecule has 11 heteroatoms. The standard InChI is InChI=1S/C24H23ClF3N5OS/c1-2-35-20-4-3-15(11-29)9-16(20)12-33-14-31-22-17(23(33)34)10-19(24(26,27)28)18(21(22)25)13-32-7-5-30-6-8-32/h3-4,9-10,14,30H,2,5-8,12-13H2,1H3. The Labute approximate surface area is 209 Å². The molecule has 35 heavy (non-hydrogen) atoms. The molecule has 1 aliphatic rings. The summed E-state index contributed by atoms with van der Waals surface area (Å²) >= 11 is 8.02. The van der Waals surface area contributed by atoms with Crippen molar-refractivity contribution in [3.8, 4) is 6.07 Å². The van der Waals surface area contributed by atoms with Gasteiger partial charge in [-0.1, -0.05) is 18.5 Å². The molecule has 0 saturated carbocycles. The van der Waals surface area contributed by atoms with Gasteiger partial charge in [0.2, 0.25) is 0 Å². The molecule has 184 valence electrons. The van der Waals surface area contributed by atoms with Gasteiger partial charge in [0.1, 0.15) is 0 Å². The molecule has 0 atom stereocenters. The third-order valence-corrected chi connectivity index (χ3v) is 7.29. The second kappa shape index (κ2) is 10.6. The van der Waals surface area contributed by atoms with Gasteiger partial charge in [-0.2, -0.15) is 18.4 Å². The number of alkyl halides is 3. The van der Waals surface area contributed by atoms with Crippen LogP contribution in [0.2, 0.25) is 5.02 Å². The van der Waals surface area contributed by atoms with Crippen LogP contribution in [-0.4, -0.2) is 46.4 Å². The van der Waals surface area contributed by atoms with Gasteiger partial charge >= 0.3 is 6.18 Å². The third-order valence-electron chi connectivity index (χ3n) is 5.89. The van der Waals surface area contributed by atoms with E-state index in [-0.39, 0.29) is 34.6 Å². The van der Waals surface area contributed by atoms with E-state index < -0.39 is 17.3 Å². The van der Waals surface area contributed by atoms with Crippen LogP contribution >= 0.6 is 23.4 Å². The average molecular weight is 522 g/mol. The van der Waals surface area contributed by atoms with Gasteiger partial charge in [-0.3, -0.25) is 14.3 Å². The Kier molecular flexibility index (Phi) is 7.71. The summed E-state index contributed by atoms with van der Waals surface area (Å²) in [5.74, 6) is 0.782. The summed E-state index contributed by atoms with van der Waals surface area (Å²) in [7, 11) is 0. The first-order valence-corrected chi connectivity index (χ1v) is 12.5. The maximum absolute atomic E-state index is 14.1.